The van der Waals surface area contributed by atoms with Crippen molar-refractivity contribution in [2.24, 2.45) is 10.9 Å². The number of carbonyl (C=O) groups is 1. The number of amides is 1. The number of fused-ring (bicyclic) bond motifs is 1. The first-order valence-corrected chi connectivity index (χ1v) is 8.36. The van der Waals surface area contributed by atoms with Crippen LogP contribution in [0.5, 0.6) is 0 Å². The van der Waals surface area contributed by atoms with Crippen LogP contribution in [0.3, 0.4) is 0 Å². The molecule has 118 valence electrons. The molecule has 1 aromatic carbocycles. The number of nitriles is 1. The summed E-state index contributed by atoms with van der Waals surface area (Å²) in [4.78, 5) is 21.2. The number of aliphatic imine (C=N–C) groups is 1. The molecule has 0 radical (unpaired) electrons. The van der Waals surface area contributed by atoms with Gasteiger partial charge in [-0.15, -0.1) is 11.8 Å². The summed E-state index contributed by atoms with van der Waals surface area (Å²) < 4.78 is 0. The van der Waals surface area contributed by atoms with Crippen LogP contribution >= 0.6 is 11.8 Å². The summed E-state index contributed by atoms with van der Waals surface area (Å²) in [7, 11) is 3.86. The van der Waals surface area contributed by atoms with Crippen molar-refractivity contribution in [2.45, 2.75) is 5.37 Å². The standard InChI is InChI=1S/C17H18N4OS/c1-20(2)10-14-19-16-15(17(22)21(14)9-8-18)13(11-23-16)12-6-4-3-5-7-12/h3-7,11,15-16H,9-10H2,1-2H3. The molecule has 5 nitrogen and oxygen atoms in total. The summed E-state index contributed by atoms with van der Waals surface area (Å²) in [6, 6.07) is 12.0. The number of thioether (sulfide) groups is 1. The van der Waals surface area contributed by atoms with Crippen molar-refractivity contribution >= 4 is 29.1 Å². The Balaban J connectivity index is 1.95. The first-order chi connectivity index (χ1) is 11.1. The molecule has 2 heterocycles. The van der Waals surface area contributed by atoms with Crippen molar-refractivity contribution in [3.63, 3.8) is 0 Å². The van der Waals surface area contributed by atoms with Crippen molar-refractivity contribution in [1.29, 1.82) is 5.26 Å². The fourth-order valence-electron chi connectivity index (χ4n) is 2.85. The molecule has 23 heavy (non-hydrogen) atoms. The molecule has 0 bridgehead atoms. The minimum atomic E-state index is -0.304. The zero-order valence-corrected chi connectivity index (χ0v) is 14.0. The number of rotatable bonds is 4. The quantitative estimate of drug-likeness (QED) is 0.795. The molecule has 0 N–H and O–H groups in total. The third kappa shape index (κ3) is 3.03. The number of benzene rings is 1. The lowest BCUT2D eigenvalue weighted by atomic mass is 9.91. The van der Waals surface area contributed by atoms with E-state index < -0.39 is 0 Å². The van der Waals surface area contributed by atoms with Gasteiger partial charge < -0.3 is 4.90 Å². The minimum absolute atomic E-state index is 0.0245. The first kappa shape index (κ1) is 15.8. The Labute approximate surface area is 140 Å². The molecule has 0 aromatic heterocycles. The molecule has 0 spiro atoms. The van der Waals surface area contributed by atoms with Gasteiger partial charge in [0.05, 0.1) is 18.5 Å². The Morgan fingerprint density at radius 1 is 1.35 bits per heavy atom. The van der Waals surface area contributed by atoms with Crippen LogP contribution in [0.15, 0.2) is 40.7 Å². The van der Waals surface area contributed by atoms with Crippen LogP contribution < -0.4 is 0 Å². The van der Waals surface area contributed by atoms with Gasteiger partial charge in [0.2, 0.25) is 5.91 Å². The van der Waals surface area contributed by atoms with Gasteiger partial charge >= 0.3 is 0 Å². The van der Waals surface area contributed by atoms with Crippen molar-refractivity contribution in [3.05, 3.63) is 41.3 Å². The van der Waals surface area contributed by atoms with Crippen LogP contribution in [0.2, 0.25) is 0 Å². The van der Waals surface area contributed by atoms with E-state index in [1.165, 1.54) is 4.90 Å². The molecule has 0 saturated carbocycles. The van der Waals surface area contributed by atoms with Crippen LogP contribution in [0, 0.1) is 17.2 Å². The second kappa shape index (κ2) is 6.57. The molecule has 2 unspecified atom stereocenters. The van der Waals surface area contributed by atoms with Crippen LogP contribution in [-0.2, 0) is 4.79 Å². The van der Waals surface area contributed by atoms with Crippen molar-refractivity contribution in [1.82, 2.24) is 9.80 Å². The zero-order chi connectivity index (χ0) is 16.4. The zero-order valence-electron chi connectivity index (χ0n) is 13.1. The highest BCUT2D eigenvalue weighted by molar-refractivity contribution is 8.03. The fourth-order valence-corrected chi connectivity index (χ4v) is 4.02. The lowest BCUT2D eigenvalue weighted by molar-refractivity contribution is -0.130. The lowest BCUT2D eigenvalue weighted by Crippen LogP contribution is -2.50. The van der Waals surface area contributed by atoms with Gasteiger partial charge in [0.15, 0.2) is 0 Å². The number of hydrogen-bond donors (Lipinski definition) is 0. The van der Waals surface area contributed by atoms with Crippen molar-refractivity contribution in [2.75, 3.05) is 27.2 Å². The van der Waals surface area contributed by atoms with Crippen LogP contribution in [-0.4, -0.2) is 54.1 Å². The fraction of sp³-hybridized carbons (Fsp3) is 0.353. The smallest absolute Gasteiger partial charge is 0.239 e. The van der Waals surface area contributed by atoms with Crippen molar-refractivity contribution in [3.8, 4) is 6.07 Å². The monoisotopic (exact) mass is 326 g/mol. The third-order valence-corrected chi connectivity index (χ3v) is 4.91. The van der Waals surface area contributed by atoms with Gasteiger partial charge in [-0.3, -0.25) is 14.7 Å². The topological polar surface area (TPSA) is 59.7 Å². The Morgan fingerprint density at radius 3 is 2.74 bits per heavy atom. The molecular weight excluding hydrogens is 308 g/mol. The molecule has 6 heteroatoms. The molecular formula is C17H18N4OS. The van der Waals surface area contributed by atoms with Gasteiger partial charge in [0, 0.05) is 0 Å². The first-order valence-electron chi connectivity index (χ1n) is 7.42. The maximum Gasteiger partial charge on any atom is 0.239 e. The van der Waals surface area contributed by atoms with Gasteiger partial charge in [0.1, 0.15) is 17.8 Å². The van der Waals surface area contributed by atoms with E-state index in [-0.39, 0.29) is 23.7 Å². The highest BCUT2D eigenvalue weighted by Crippen LogP contribution is 2.44. The Morgan fingerprint density at radius 2 is 2.09 bits per heavy atom. The number of carbonyl (C=O) groups excluding carboxylic acids is 1. The highest BCUT2D eigenvalue weighted by Gasteiger charge is 2.43. The van der Waals surface area contributed by atoms with Crippen LogP contribution in [0.1, 0.15) is 5.56 Å². The molecule has 2 atom stereocenters. The summed E-state index contributed by atoms with van der Waals surface area (Å²) in [6.45, 7) is 0.597. The SMILES string of the molecule is CN(C)CC1=NC2SC=C(c3ccccc3)C2C(=O)N1CC#N. The van der Waals surface area contributed by atoms with E-state index in [1.807, 2.05) is 54.7 Å². The number of likely N-dealkylation sites (N-methyl/N-ethyl adjacent to an activating group) is 1. The predicted molar refractivity (Wildman–Crippen MR) is 92.6 cm³/mol. The molecule has 0 saturated heterocycles. The minimum Gasteiger partial charge on any atom is -0.302 e. The maximum absolute atomic E-state index is 13.0. The predicted octanol–water partition coefficient (Wildman–Crippen LogP) is 2.04. The largest absolute Gasteiger partial charge is 0.302 e. The molecule has 2 aliphatic rings. The van der Waals surface area contributed by atoms with E-state index in [1.54, 1.807) is 11.8 Å². The highest BCUT2D eigenvalue weighted by atomic mass is 32.2. The Bertz CT molecular complexity index is 705. The molecule has 1 aromatic rings. The summed E-state index contributed by atoms with van der Waals surface area (Å²) in [5.41, 5.74) is 2.05. The summed E-state index contributed by atoms with van der Waals surface area (Å²) in [5, 5.41) is 11.0. The van der Waals surface area contributed by atoms with E-state index in [4.69, 9.17) is 10.3 Å². The lowest BCUT2D eigenvalue weighted by Gasteiger charge is -2.34. The van der Waals surface area contributed by atoms with Gasteiger partial charge in [-0.05, 0) is 30.6 Å². The normalized spacial score (nSPS) is 23.4. The number of hydrogen-bond acceptors (Lipinski definition) is 5. The van der Waals surface area contributed by atoms with Gasteiger partial charge in [0.25, 0.3) is 0 Å². The third-order valence-electron chi connectivity index (χ3n) is 3.87. The summed E-state index contributed by atoms with van der Waals surface area (Å²) >= 11 is 1.59. The summed E-state index contributed by atoms with van der Waals surface area (Å²) in [6.07, 6.45) is 0. The van der Waals surface area contributed by atoms with Gasteiger partial charge in [-0.2, -0.15) is 5.26 Å². The molecule has 0 aliphatic carbocycles. The second-order valence-electron chi connectivity index (χ2n) is 5.81. The van der Waals surface area contributed by atoms with E-state index in [0.717, 1.165) is 11.1 Å². The molecule has 3 rings (SSSR count). The van der Waals surface area contributed by atoms with Crippen LogP contribution in [0.4, 0.5) is 0 Å². The van der Waals surface area contributed by atoms with Crippen LogP contribution in [0.25, 0.3) is 5.57 Å². The Kier molecular flexibility index (Phi) is 4.51. The summed E-state index contributed by atoms with van der Waals surface area (Å²) in [5.74, 6) is 0.350. The van der Waals surface area contributed by atoms with Gasteiger partial charge in [-0.1, -0.05) is 30.3 Å². The average molecular weight is 326 g/mol. The molecule has 0 fully saturated rings. The van der Waals surface area contributed by atoms with E-state index in [0.29, 0.717) is 12.4 Å². The van der Waals surface area contributed by atoms with Gasteiger partial charge in [-0.25, -0.2) is 0 Å². The van der Waals surface area contributed by atoms with E-state index in [9.17, 15) is 4.79 Å². The molecule has 1 amide bonds. The van der Waals surface area contributed by atoms with Crippen molar-refractivity contribution < 1.29 is 4.79 Å². The van der Waals surface area contributed by atoms with E-state index in [2.05, 4.69) is 6.07 Å². The molecule has 2 aliphatic heterocycles. The number of nitrogens with zero attached hydrogens (tertiary/aromatic N) is 4. The van der Waals surface area contributed by atoms with E-state index >= 15 is 0 Å². The number of amidine groups is 1. The average Bonchev–Trinajstić information content (AvgIpc) is 2.95. The second-order valence-corrected chi connectivity index (χ2v) is 6.80. The Hall–Kier alpha value is -2.10. The maximum atomic E-state index is 13.0.